The molecule has 1 atom stereocenters. The van der Waals surface area contributed by atoms with Crippen LogP contribution in [0.15, 0.2) is 12.1 Å². The highest BCUT2D eigenvalue weighted by Gasteiger charge is 2.13. The number of carboxylic acid groups (broad SMARTS) is 1. The van der Waals surface area contributed by atoms with Crippen LogP contribution in [0.3, 0.4) is 0 Å². The van der Waals surface area contributed by atoms with Crippen LogP contribution in [-0.4, -0.2) is 34.9 Å². The van der Waals surface area contributed by atoms with Crippen LogP contribution in [-0.2, 0) is 4.79 Å². The van der Waals surface area contributed by atoms with Crippen LogP contribution < -0.4 is 10.6 Å². The minimum atomic E-state index is -1.55. The highest BCUT2D eigenvalue weighted by molar-refractivity contribution is 6.35. The Balaban J connectivity index is 2.49. The number of nitrogens with one attached hydrogen (secondary N) is 2. The van der Waals surface area contributed by atoms with Crippen LogP contribution in [0.4, 0.5) is 14.9 Å². The Morgan fingerprint density at radius 1 is 1.30 bits per heavy atom. The van der Waals surface area contributed by atoms with Crippen molar-refractivity contribution in [1.29, 1.82) is 0 Å². The third-order valence-electron chi connectivity index (χ3n) is 2.23. The molecule has 0 bridgehead atoms. The van der Waals surface area contributed by atoms with Crippen molar-refractivity contribution in [2.24, 2.45) is 0 Å². The van der Waals surface area contributed by atoms with Gasteiger partial charge in [0.15, 0.2) is 11.9 Å². The lowest BCUT2D eigenvalue weighted by atomic mass is 10.2. The summed E-state index contributed by atoms with van der Waals surface area (Å²) in [5, 5.41) is 21.6. The van der Waals surface area contributed by atoms with Gasteiger partial charge < -0.3 is 20.8 Å². The fourth-order valence-electron chi connectivity index (χ4n) is 1.25. The maximum atomic E-state index is 13.1. The third kappa shape index (κ3) is 4.84. The molecule has 4 N–H and O–H groups in total. The summed E-state index contributed by atoms with van der Waals surface area (Å²) in [6.45, 7) is -0.0536. The van der Waals surface area contributed by atoms with Gasteiger partial charge >= 0.3 is 12.0 Å². The Kier molecular flexibility index (Phi) is 6.00. The van der Waals surface area contributed by atoms with Gasteiger partial charge in [-0.15, -0.1) is 0 Å². The van der Waals surface area contributed by atoms with E-state index in [1.807, 2.05) is 0 Å². The molecule has 0 aliphatic heterocycles. The van der Waals surface area contributed by atoms with Gasteiger partial charge in [0.25, 0.3) is 0 Å². The number of anilines is 1. The minimum absolute atomic E-state index is 0.0536. The molecule has 0 radical (unpaired) electrons. The molecule has 0 aliphatic rings. The molecule has 110 valence electrons. The topological polar surface area (TPSA) is 98.7 Å². The quantitative estimate of drug-likeness (QED) is 0.623. The van der Waals surface area contributed by atoms with Gasteiger partial charge in [0.05, 0.1) is 10.0 Å². The van der Waals surface area contributed by atoms with Crippen molar-refractivity contribution in [3.05, 3.63) is 28.0 Å². The van der Waals surface area contributed by atoms with Crippen molar-refractivity contribution >= 4 is 40.9 Å². The first kappa shape index (κ1) is 16.5. The van der Waals surface area contributed by atoms with Crippen LogP contribution in [0.2, 0.25) is 10.0 Å². The molecule has 9 heteroatoms. The molecule has 2 amide bonds. The van der Waals surface area contributed by atoms with Crippen molar-refractivity contribution in [2.75, 3.05) is 11.9 Å². The average Bonchev–Trinajstić information content (AvgIpc) is 2.35. The standard InChI is InChI=1S/C11H11Cl2FN2O4/c12-6-3-5(4-7(13)9(6)14)16-11(20)15-2-1-8(17)10(18)19/h3-4,8,17H,1-2H2,(H,18,19)(H2,15,16,20). The second kappa shape index (κ2) is 7.28. The van der Waals surface area contributed by atoms with E-state index in [2.05, 4.69) is 10.6 Å². The van der Waals surface area contributed by atoms with Gasteiger partial charge in [0.1, 0.15) is 0 Å². The summed E-state index contributed by atoms with van der Waals surface area (Å²) in [5.74, 6) is -2.16. The summed E-state index contributed by atoms with van der Waals surface area (Å²) in [5.41, 5.74) is 0.178. The zero-order chi connectivity index (χ0) is 15.3. The van der Waals surface area contributed by atoms with E-state index in [4.69, 9.17) is 33.4 Å². The monoisotopic (exact) mass is 324 g/mol. The number of rotatable bonds is 5. The van der Waals surface area contributed by atoms with E-state index < -0.39 is 23.9 Å². The number of aliphatic hydroxyl groups is 1. The number of hydrogen-bond acceptors (Lipinski definition) is 3. The van der Waals surface area contributed by atoms with Crippen LogP contribution >= 0.6 is 23.2 Å². The summed E-state index contributed by atoms with van der Waals surface area (Å²) >= 11 is 11.1. The van der Waals surface area contributed by atoms with Crippen molar-refractivity contribution in [3.8, 4) is 0 Å². The highest BCUT2D eigenvalue weighted by atomic mass is 35.5. The molecule has 0 saturated carbocycles. The Labute approximate surface area is 123 Å². The number of urea groups is 1. The number of aliphatic hydroxyl groups excluding tert-OH is 1. The Bertz CT molecular complexity index is 504. The molecule has 1 aromatic rings. The molecule has 1 aromatic carbocycles. The number of carbonyl (C=O) groups is 2. The summed E-state index contributed by atoms with van der Waals surface area (Å²) in [6.07, 6.45) is -1.70. The first-order valence-electron chi connectivity index (χ1n) is 5.41. The van der Waals surface area contributed by atoms with E-state index >= 15 is 0 Å². The predicted octanol–water partition coefficient (Wildman–Crippen LogP) is 2.09. The van der Waals surface area contributed by atoms with Crippen molar-refractivity contribution < 1.29 is 24.2 Å². The zero-order valence-electron chi connectivity index (χ0n) is 9.99. The first-order valence-corrected chi connectivity index (χ1v) is 6.17. The van der Waals surface area contributed by atoms with E-state index in [0.717, 1.165) is 0 Å². The summed E-state index contributed by atoms with van der Waals surface area (Å²) in [7, 11) is 0. The number of amides is 2. The predicted molar refractivity (Wildman–Crippen MR) is 71.7 cm³/mol. The van der Waals surface area contributed by atoms with Crippen LogP contribution in [0.25, 0.3) is 0 Å². The van der Waals surface area contributed by atoms with E-state index in [1.54, 1.807) is 0 Å². The summed E-state index contributed by atoms with van der Waals surface area (Å²) < 4.78 is 13.1. The van der Waals surface area contributed by atoms with E-state index in [1.165, 1.54) is 12.1 Å². The number of aliphatic carboxylic acids is 1. The van der Waals surface area contributed by atoms with Crippen LogP contribution in [0.1, 0.15) is 6.42 Å². The summed E-state index contributed by atoms with van der Waals surface area (Å²) in [4.78, 5) is 21.8. The minimum Gasteiger partial charge on any atom is -0.479 e. The fourth-order valence-corrected chi connectivity index (χ4v) is 1.74. The van der Waals surface area contributed by atoms with Gasteiger partial charge in [-0.3, -0.25) is 0 Å². The number of benzene rings is 1. The Morgan fingerprint density at radius 2 is 1.85 bits per heavy atom. The van der Waals surface area contributed by atoms with Crippen LogP contribution in [0.5, 0.6) is 0 Å². The molecule has 0 aliphatic carbocycles. The van der Waals surface area contributed by atoms with Crippen LogP contribution in [0, 0.1) is 5.82 Å². The second-order valence-corrected chi connectivity index (χ2v) is 4.59. The van der Waals surface area contributed by atoms with Crippen molar-refractivity contribution in [1.82, 2.24) is 5.32 Å². The number of carbonyl (C=O) groups excluding carboxylic acids is 1. The lowest BCUT2D eigenvalue weighted by Crippen LogP contribution is -2.33. The van der Waals surface area contributed by atoms with E-state index in [-0.39, 0.29) is 28.7 Å². The molecule has 0 spiro atoms. The molecule has 0 saturated heterocycles. The molecule has 0 fully saturated rings. The number of carboxylic acids is 1. The normalized spacial score (nSPS) is 11.8. The molecule has 1 rings (SSSR count). The second-order valence-electron chi connectivity index (χ2n) is 3.78. The molecule has 0 aromatic heterocycles. The molecule has 20 heavy (non-hydrogen) atoms. The average molecular weight is 325 g/mol. The molecular formula is C11H11Cl2FN2O4. The Morgan fingerprint density at radius 3 is 2.35 bits per heavy atom. The largest absolute Gasteiger partial charge is 0.479 e. The van der Waals surface area contributed by atoms with Gasteiger partial charge in [-0.25, -0.2) is 14.0 Å². The third-order valence-corrected chi connectivity index (χ3v) is 2.78. The maximum Gasteiger partial charge on any atom is 0.332 e. The number of halogens is 3. The van der Waals surface area contributed by atoms with Gasteiger partial charge in [-0.2, -0.15) is 0 Å². The lowest BCUT2D eigenvalue weighted by Gasteiger charge is -2.10. The first-order chi connectivity index (χ1) is 9.31. The van der Waals surface area contributed by atoms with Crippen molar-refractivity contribution in [3.63, 3.8) is 0 Å². The molecule has 1 unspecified atom stereocenters. The lowest BCUT2D eigenvalue weighted by molar-refractivity contribution is -0.146. The molecule has 0 heterocycles. The smallest absolute Gasteiger partial charge is 0.332 e. The zero-order valence-corrected chi connectivity index (χ0v) is 11.5. The number of hydrogen-bond donors (Lipinski definition) is 4. The highest BCUT2D eigenvalue weighted by Crippen LogP contribution is 2.27. The molecule has 6 nitrogen and oxygen atoms in total. The van der Waals surface area contributed by atoms with Gasteiger partial charge in [-0.1, -0.05) is 23.2 Å². The molecular weight excluding hydrogens is 314 g/mol. The fraction of sp³-hybridized carbons (Fsp3) is 0.273. The SMILES string of the molecule is O=C(NCCC(O)C(=O)O)Nc1cc(Cl)c(F)c(Cl)c1. The van der Waals surface area contributed by atoms with Crippen molar-refractivity contribution in [2.45, 2.75) is 12.5 Å². The van der Waals surface area contributed by atoms with Gasteiger partial charge in [0, 0.05) is 18.7 Å². The van der Waals surface area contributed by atoms with Gasteiger partial charge in [-0.05, 0) is 12.1 Å². The van der Waals surface area contributed by atoms with E-state index in [9.17, 15) is 14.0 Å². The van der Waals surface area contributed by atoms with E-state index in [0.29, 0.717) is 0 Å². The summed E-state index contributed by atoms with van der Waals surface area (Å²) in [6, 6.07) is 1.68. The Hall–Kier alpha value is -1.57. The maximum absolute atomic E-state index is 13.1. The van der Waals surface area contributed by atoms with Gasteiger partial charge in [0.2, 0.25) is 0 Å².